The number of nitrogens with two attached hydrogens (primary N) is 2. The maximum Gasteiger partial charge on any atom is 0.407 e. The molecule has 9 N–H and O–H groups in total. The van der Waals surface area contributed by atoms with Crippen LogP contribution < -0.4 is 38.1 Å². The van der Waals surface area contributed by atoms with Crippen molar-refractivity contribution in [2.75, 3.05) is 29.5 Å². The van der Waals surface area contributed by atoms with E-state index in [4.69, 9.17) is 16.2 Å². The van der Waals surface area contributed by atoms with Crippen LogP contribution in [-0.4, -0.2) is 48.8 Å². The van der Waals surface area contributed by atoms with Crippen LogP contribution in [0.4, 0.5) is 26.7 Å². The molecule has 14 nitrogen and oxygen atoms in total. The number of amides is 7. The summed E-state index contributed by atoms with van der Waals surface area (Å²) in [5.41, 5.74) is 16.8. The molecule has 0 spiro atoms. The van der Waals surface area contributed by atoms with Gasteiger partial charge in [0.05, 0.1) is 10.8 Å². The third kappa shape index (κ3) is 9.46. The van der Waals surface area contributed by atoms with Crippen molar-refractivity contribution in [3.8, 4) is 0 Å². The summed E-state index contributed by atoms with van der Waals surface area (Å²) in [5.74, 6) is -0.848. The number of ether oxygens (including phenoxy) is 1. The van der Waals surface area contributed by atoms with Gasteiger partial charge in [0, 0.05) is 30.0 Å². The molecular formula is C50H65N7O7. The number of alkyl carbamates (subject to hydrolysis) is 1. The van der Waals surface area contributed by atoms with Crippen LogP contribution in [0.15, 0.2) is 60.7 Å². The highest BCUT2D eigenvalue weighted by Crippen LogP contribution is 2.59. The van der Waals surface area contributed by atoms with Crippen molar-refractivity contribution in [1.29, 1.82) is 0 Å². The summed E-state index contributed by atoms with van der Waals surface area (Å²) in [5, 5.41) is 13.8. The number of carbonyl (C=O) groups excluding carboxylic acids is 6. The Hall–Kier alpha value is -5.92. The number of anilines is 3. The fraction of sp³-hybridized carbons (Fsp3) is 0.520. The number of nitrogen functional groups attached to an aromatic ring is 1. The van der Waals surface area contributed by atoms with Gasteiger partial charge in [0.25, 0.3) is 0 Å². The molecule has 14 heteroatoms. The Morgan fingerprint density at radius 1 is 0.672 bits per heavy atom. The number of unbranched alkanes of at least 4 members (excludes halogenated alkanes) is 1. The number of benzene rings is 3. The summed E-state index contributed by atoms with van der Waals surface area (Å²) in [4.78, 5) is 77.7. The Morgan fingerprint density at radius 3 is 1.84 bits per heavy atom. The number of rotatable bonds is 13. The maximum atomic E-state index is 14.6. The largest absolute Gasteiger partial charge is 0.445 e. The number of primary amides is 1. The summed E-state index contributed by atoms with van der Waals surface area (Å²) in [6.45, 7) is 8.70. The molecule has 4 aliphatic rings. The Labute approximate surface area is 376 Å². The molecule has 3 aromatic rings. The Morgan fingerprint density at radius 2 is 1.23 bits per heavy atom. The van der Waals surface area contributed by atoms with E-state index in [-0.39, 0.29) is 53.5 Å². The van der Waals surface area contributed by atoms with Gasteiger partial charge in [-0.3, -0.25) is 24.5 Å². The lowest BCUT2D eigenvalue weighted by Gasteiger charge is -2.56. The molecule has 0 aromatic heterocycles. The molecule has 2 saturated carbocycles. The summed E-state index contributed by atoms with van der Waals surface area (Å²) >= 11 is 0. The van der Waals surface area contributed by atoms with Crippen molar-refractivity contribution in [1.82, 2.24) is 16.0 Å². The van der Waals surface area contributed by atoms with Crippen LogP contribution in [0.2, 0.25) is 0 Å². The quantitative estimate of drug-likeness (QED) is 0.0524. The highest BCUT2D eigenvalue weighted by Gasteiger charge is 2.58. The zero-order chi connectivity index (χ0) is 45.9. The van der Waals surface area contributed by atoms with Crippen molar-refractivity contribution in [3.63, 3.8) is 0 Å². The van der Waals surface area contributed by atoms with E-state index < -0.39 is 28.9 Å². The smallest absolute Gasteiger partial charge is 0.407 e. The van der Waals surface area contributed by atoms with Crippen LogP contribution in [0.5, 0.6) is 0 Å². The normalized spacial score (nSPS) is 26.6. The summed E-state index contributed by atoms with van der Waals surface area (Å²) < 4.78 is 5.32. The minimum Gasteiger partial charge on any atom is -0.445 e. The molecule has 7 amide bonds. The van der Waals surface area contributed by atoms with Gasteiger partial charge >= 0.3 is 12.1 Å². The predicted molar refractivity (Wildman–Crippen MR) is 246 cm³/mol. The summed E-state index contributed by atoms with van der Waals surface area (Å²) in [6, 6.07) is 18.4. The van der Waals surface area contributed by atoms with Gasteiger partial charge in [-0.2, -0.15) is 0 Å². The molecule has 4 aliphatic carbocycles. The standard InChI is InChI=1S/C50H65N7O7/c1-47-22-7-24-49(3,39(47)20-14-32-12-16-34(51)27-37(32)47)43(60)57-44(61)50(4)25-8-23-48(2)38-28-36(19-13-33(38)15-21-40(48)50)56-42(59)29-54-46(63)64-30-31-10-17-35(18-11-31)55-41(58)9-5-6-26-53-45(52)62/h10-13,16-19,27-28,39-40H,5-9,14-15,20-26,29-30,51H2,1-4H3,(H,54,63)(H,55,58)(H,56,59)(H3,52,53,62)(H,57,60,61)/t39?,40-,47-,48-,49+,50+/m1/s1. The molecular weight excluding hydrogens is 811 g/mol. The zero-order valence-electron chi connectivity index (χ0n) is 37.8. The number of carbonyl (C=O) groups is 6. The lowest BCUT2D eigenvalue weighted by atomic mass is 9.49. The van der Waals surface area contributed by atoms with E-state index in [1.54, 1.807) is 24.3 Å². The summed E-state index contributed by atoms with van der Waals surface area (Å²) in [7, 11) is 0. The molecule has 6 atom stereocenters. The lowest BCUT2D eigenvalue weighted by molar-refractivity contribution is -0.150. The Balaban J connectivity index is 0.918. The van der Waals surface area contributed by atoms with Gasteiger partial charge in [-0.25, -0.2) is 9.59 Å². The van der Waals surface area contributed by atoms with E-state index in [9.17, 15) is 28.8 Å². The summed E-state index contributed by atoms with van der Waals surface area (Å²) in [6.07, 6.45) is 9.16. The second kappa shape index (κ2) is 18.7. The van der Waals surface area contributed by atoms with Gasteiger partial charge in [-0.1, -0.05) is 64.8 Å². The fourth-order valence-electron chi connectivity index (χ4n) is 12.0. The van der Waals surface area contributed by atoms with Crippen LogP contribution in [-0.2, 0) is 54.2 Å². The molecule has 1 unspecified atom stereocenters. The van der Waals surface area contributed by atoms with Crippen LogP contribution in [0.3, 0.4) is 0 Å². The molecule has 0 radical (unpaired) electrons. The first-order valence-electron chi connectivity index (χ1n) is 23.0. The number of fused-ring (bicyclic) bond motifs is 6. The van der Waals surface area contributed by atoms with Crippen LogP contribution in [0, 0.1) is 22.7 Å². The monoisotopic (exact) mass is 875 g/mol. The number of nitrogens with one attached hydrogen (secondary N) is 5. The second-order valence-electron chi connectivity index (χ2n) is 19.6. The van der Waals surface area contributed by atoms with Gasteiger partial charge in [-0.05, 0) is 151 Å². The third-order valence-corrected chi connectivity index (χ3v) is 15.4. The topological polar surface area (TPSA) is 224 Å². The Kier molecular flexibility index (Phi) is 13.4. The van der Waals surface area contributed by atoms with Crippen molar-refractivity contribution >= 4 is 52.8 Å². The molecule has 2 fully saturated rings. The number of aryl methyl sites for hydroxylation is 2. The van der Waals surface area contributed by atoms with E-state index in [1.165, 1.54) is 16.7 Å². The van der Waals surface area contributed by atoms with Crippen LogP contribution in [0.1, 0.15) is 126 Å². The van der Waals surface area contributed by atoms with Gasteiger partial charge in [0.15, 0.2) is 0 Å². The van der Waals surface area contributed by atoms with Gasteiger partial charge < -0.3 is 37.5 Å². The van der Waals surface area contributed by atoms with E-state index in [2.05, 4.69) is 59.5 Å². The zero-order valence-corrected chi connectivity index (χ0v) is 37.8. The van der Waals surface area contributed by atoms with Gasteiger partial charge in [0.1, 0.15) is 13.2 Å². The second-order valence-corrected chi connectivity index (χ2v) is 19.6. The third-order valence-electron chi connectivity index (χ3n) is 15.4. The van der Waals surface area contributed by atoms with Crippen LogP contribution >= 0.6 is 0 Å². The van der Waals surface area contributed by atoms with E-state index in [0.29, 0.717) is 49.2 Å². The number of imide groups is 1. The van der Waals surface area contributed by atoms with Crippen molar-refractivity contribution in [3.05, 3.63) is 88.5 Å². The van der Waals surface area contributed by atoms with E-state index >= 15 is 0 Å². The molecule has 342 valence electrons. The van der Waals surface area contributed by atoms with Crippen LogP contribution in [0.25, 0.3) is 0 Å². The highest BCUT2D eigenvalue weighted by molar-refractivity contribution is 6.01. The minimum atomic E-state index is -0.766. The van der Waals surface area contributed by atoms with Crippen molar-refractivity contribution in [2.24, 2.45) is 28.4 Å². The molecule has 3 aromatic carbocycles. The lowest BCUT2D eigenvalue weighted by Crippen LogP contribution is -2.60. The average molecular weight is 876 g/mol. The minimum absolute atomic E-state index is 0.0186. The van der Waals surface area contributed by atoms with Crippen molar-refractivity contribution < 1.29 is 33.5 Å². The van der Waals surface area contributed by atoms with Gasteiger partial charge in [-0.15, -0.1) is 0 Å². The first kappa shape index (κ1) is 46.1. The van der Waals surface area contributed by atoms with E-state index in [1.807, 2.05) is 31.2 Å². The molecule has 0 saturated heterocycles. The van der Waals surface area contributed by atoms with Gasteiger partial charge in [0.2, 0.25) is 23.6 Å². The number of hydrogen-bond donors (Lipinski definition) is 7. The SMILES string of the molecule is C[C@]1(C(=O)NC(=O)[C@@]2(C)CCC[C@]3(C)c4cc(NC(=O)CNC(=O)OCc5ccc(NC(=O)CCCCNC(N)=O)cc5)ccc4CC[C@@H]23)CCC[C@]2(C)c3cc(N)ccc3CCC12. The van der Waals surface area contributed by atoms with E-state index in [0.717, 1.165) is 69.0 Å². The number of hydrogen-bond acceptors (Lipinski definition) is 8. The molecule has 7 rings (SSSR count). The fourth-order valence-corrected chi connectivity index (χ4v) is 12.0. The first-order chi connectivity index (χ1) is 30.4. The highest BCUT2D eigenvalue weighted by atomic mass is 16.5. The van der Waals surface area contributed by atoms with Crippen molar-refractivity contribution in [2.45, 2.75) is 129 Å². The molecule has 0 aliphatic heterocycles. The molecule has 0 bridgehead atoms. The first-order valence-corrected chi connectivity index (χ1v) is 23.0. The average Bonchev–Trinajstić information content (AvgIpc) is 3.25. The predicted octanol–water partition coefficient (Wildman–Crippen LogP) is 7.27. The maximum absolute atomic E-state index is 14.6. The molecule has 64 heavy (non-hydrogen) atoms. The Bertz CT molecular complexity index is 2300. The number of urea groups is 1. The molecule has 0 heterocycles.